The summed E-state index contributed by atoms with van der Waals surface area (Å²) in [5.41, 5.74) is 0.883. The Kier molecular flexibility index (Phi) is 6.10. The van der Waals surface area contributed by atoms with Crippen LogP contribution >= 0.6 is 0 Å². The van der Waals surface area contributed by atoms with E-state index < -0.39 is 0 Å². The Balaban J connectivity index is 1.49. The van der Waals surface area contributed by atoms with Crippen LogP contribution in [0.1, 0.15) is 18.4 Å². The maximum Gasteiger partial charge on any atom is 0.317 e. The van der Waals surface area contributed by atoms with E-state index in [1.165, 1.54) is 0 Å². The number of nitrogens with one attached hydrogen (secondary N) is 1. The summed E-state index contributed by atoms with van der Waals surface area (Å²) in [6, 6.07) is 13.1. The average molecular weight is 366 g/mol. The molecule has 3 rings (SSSR count). The highest BCUT2D eigenvalue weighted by Gasteiger charge is 2.22. The molecule has 7 nitrogen and oxygen atoms in total. The number of amides is 2. The topological polar surface area (TPSA) is 87.5 Å². The molecule has 7 heteroatoms. The third kappa shape index (κ3) is 5.11. The number of carbonyl (C=O) groups is 1. The second-order valence-corrected chi connectivity index (χ2v) is 6.33. The van der Waals surface area contributed by atoms with Crippen molar-refractivity contribution in [3.63, 3.8) is 0 Å². The fourth-order valence-electron chi connectivity index (χ4n) is 2.86. The van der Waals surface area contributed by atoms with Gasteiger partial charge in [0.05, 0.1) is 13.2 Å². The number of carbonyl (C=O) groups excluding carboxylic acids is 1. The SMILES string of the molecule is COc1cccc(Oc2ccc(CNC(=O)N3CCC(C#N)CC3)cn2)c1. The zero-order chi connectivity index (χ0) is 19.1. The highest BCUT2D eigenvalue weighted by Crippen LogP contribution is 2.23. The number of urea groups is 1. The van der Waals surface area contributed by atoms with Crippen molar-refractivity contribution in [2.24, 2.45) is 5.92 Å². The first kappa shape index (κ1) is 18.5. The van der Waals surface area contributed by atoms with Crippen LogP contribution in [0.15, 0.2) is 42.6 Å². The van der Waals surface area contributed by atoms with Crippen molar-refractivity contribution >= 4 is 6.03 Å². The number of piperidine rings is 1. The second-order valence-electron chi connectivity index (χ2n) is 6.33. The quantitative estimate of drug-likeness (QED) is 0.877. The molecule has 1 aliphatic heterocycles. The highest BCUT2D eigenvalue weighted by atomic mass is 16.5. The van der Waals surface area contributed by atoms with Gasteiger partial charge < -0.3 is 19.7 Å². The first-order valence-electron chi connectivity index (χ1n) is 8.87. The van der Waals surface area contributed by atoms with E-state index in [0.717, 1.165) is 18.4 Å². The van der Waals surface area contributed by atoms with Crippen LogP contribution in [0.5, 0.6) is 17.4 Å². The van der Waals surface area contributed by atoms with Crippen LogP contribution in [0.3, 0.4) is 0 Å². The minimum absolute atomic E-state index is 0.0652. The third-order valence-electron chi connectivity index (χ3n) is 4.47. The molecular weight excluding hydrogens is 344 g/mol. The number of methoxy groups -OCH3 is 1. The molecule has 1 fully saturated rings. The van der Waals surface area contributed by atoms with Gasteiger partial charge in [0.2, 0.25) is 5.88 Å². The van der Waals surface area contributed by atoms with Crippen LogP contribution in [-0.2, 0) is 6.54 Å². The number of ether oxygens (including phenoxy) is 2. The van der Waals surface area contributed by atoms with Crippen molar-refractivity contribution in [3.05, 3.63) is 48.2 Å². The Morgan fingerprint density at radius 1 is 1.30 bits per heavy atom. The molecule has 2 amide bonds. The second kappa shape index (κ2) is 8.90. The third-order valence-corrected chi connectivity index (χ3v) is 4.47. The van der Waals surface area contributed by atoms with Gasteiger partial charge in [0, 0.05) is 43.9 Å². The summed E-state index contributed by atoms with van der Waals surface area (Å²) in [5, 5.41) is 11.8. The summed E-state index contributed by atoms with van der Waals surface area (Å²) in [5.74, 6) is 1.89. The van der Waals surface area contributed by atoms with Gasteiger partial charge in [-0.2, -0.15) is 5.26 Å². The minimum atomic E-state index is -0.108. The van der Waals surface area contributed by atoms with Gasteiger partial charge >= 0.3 is 6.03 Å². The number of hydrogen-bond donors (Lipinski definition) is 1. The fourth-order valence-corrected chi connectivity index (χ4v) is 2.86. The van der Waals surface area contributed by atoms with Crippen molar-refractivity contribution in [1.29, 1.82) is 5.26 Å². The Labute approximate surface area is 158 Å². The van der Waals surface area contributed by atoms with Crippen LogP contribution in [-0.4, -0.2) is 36.1 Å². The number of rotatable bonds is 5. The Morgan fingerprint density at radius 2 is 2.07 bits per heavy atom. The van der Waals surface area contributed by atoms with Gasteiger partial charge in [-0.25, -0.2) is 9.78 Å². The Bertz CT molecular complexity index is 809. The maximum absolute atomic E-state index is 12.2. The molecule has 0 atom stereocenters. The Morgan fingerprint density at radius 3 is 2.74 bits per heavy atom. The summed E-state index contributed by atoms with van der Waals surface area (Å²) < 4.78 is 10.9. The first-order valence-corrected chi connectivity index (χ1v) is 8.87. The lowest BCUT2D eigenvalue weighted by atomic mass is 9.99. The van der Waals surface area contributed by atoms with E-state index >= 15 is 0 Å². The normalized spacial score (nSPS) is 14.3. The largest absolute Gasteiger partial charge is 0.497 e. The molecule has 1 aliphatic rings. The molecular formula is C20H22N4O3. The number of hydrogen-bond acceptors (Lipinski definition) is 5. The van der Waals surface area contributed by atoms with Gasteiger partial charge in [-0.15, -0.1) is 0 Å². The Hall–Kier alpha value is -3.27. The average Bonchev–Trinajstić information content (AvgIpc) is 2.73. The fraction of sp³-hybridized carbons (Fsp3) is 0.350. The summed E-state index contributed by atoms with van der Waals surface area (Å²) >= 11 is 0. The standard InChI is InChI=1S/C20H22N4O3/c1-26-17-3-2-4-18(11-17)27-19-6-5-16(13-22-19)14-23-20(25)24-9-7-15(12-21)8-10-24/h2-6,11,13,15H,7-10,14H2,1H3,(H,23,25). The van der Waals surface area contributed by atoms with Crippen molar-refractivity contribution in [3.8, 4) is 23.4 Å². The van der Waals surface area contributed by atoms with Crippen LogP contribution in [0.25, 0.3) is 0 Å². The van der Waals surface area contributed by atoms with E-state index in [0.29, 0.717) is 37.0 Å². The van der Waals surface area contributed by atoms with Crippen LogP contribution in [0.4, 0.5) is 4.79 Å². The molecule has 0 radical (unpaired) electrons. The van der Waals surface area contributed by atoms with Crippen molar-refractivity contribution in [2.75, 3.05) is 20.2 Å². The van der Waals surface area contributed by atoms with Crippen molar-refractivity contribution < 1.29 is 14.3 Å². The zero-order valence-corrected chi connectivity index (χ0v) is 15.2. The number of aromatic nitrogens is 1. The molecule has 140 valence electrons. The maximum atomic E-state index is 12.2. The lowest BCUT2D eigenvalue weighted by Crippen LogP contribution is -2.44. The van der Waals surface area contributed by atoms with Gasteiger partial charge in [-0.05, 0) is 30.5 Å². The minimum Gasteiger partial charge on any atom is -0.497 e. The molecule has 27 heavy (non-hydrogen) atoms. The number of likely N-dealkylation sites (tertiary alicyclic amines) is 1. The van der Waals surface area contributed by atoms with Gasteiger partial charge in [0.15, 0.2) is 0 Å². The van der Waals surface area contributed by atoms with Gasteiger partial charge in [0.25, 0.3) is 0 Å². The van der Waals surface area contributed by atoms with E-state index in [4.69, 9.17) is 14.7 Å². The molecule has 0 bridgehead atoms. The first-order chi connectivity index (χ1) is 13.2. The molecule has 1 saturated heterocycles. The van der Waals surface area contributed by atoms with Crippen molar-refractivity contribution in [1.82, 2.24) is 15.2 Å². The van der Waals surface area contributed by atoms with Crippen LogP contribution < -0.4 is 14.8 Å². The molecule has 1 N–H and O–H groups in total. The van der Waals surface area contributed by atoms with Crippen LogP contribution in [0.2, 0.25) is 0 Å². The molecule has 1 aromatic carbocycles. The lowest BCUT2D eigenvalue weighted by Gasteiger charge is -2.29. The van der Waals surface area contributed by atoms with Crippen molar-refractivity contribution in [2.45, 2.75) is 19.4 Å². The molecule has 0 unspecified atom stereocenters. The van der Waals surface area contributed by atoms with E-state index in [1.807, 2.05) is 24.3 Å². The highest BCUT2D eigenvalue weighted by molar-refractivity contribution is 5.74. The van der Waals surface area contributed by atoms with Gasteiger partial charge in [0.1, 0.15) is 11.5 Å². The van der Waals surface area contributed by atoms with E-state index in [1.54, 1.807) is 30.3 Å². The smallest absolute Gasteiger partial charge is 0.317 e. The molecule has 0 spiro atoms. The summed E-state index contributed by atoms with van der Waals surface area (Å²) in [4.78, 5) is 18.2. The van der Waals surface area contributed by atoms with Gasteiger partial charge in [-0.3, -0.25) is 0 Å². The predicted octanol–water partition coefficient (Wildman–Crippen LogP) is 3.33. The van der Waals surface area contributed by atoms with E-state index in [-0.39, 0.29) is 11.9 Å². The zero-order valence-electron chi connectivity index (χ0n) is 15.2. The number of nitrogens with zero attached hydrogens (tertiary/aromatic N) is 3. The summed E-state index contributed by atoms with van der Waals surface area (Å²) in [6.45, 7) is 1.63. The monoisotopic (exact) mass is 366 g/mol. The summed E-state index contributed by atoms with van der Waals surface area (Å²) in [6.07, 6.45) is 3.15. The molecule has 2 heterocycles. The lowest BCUT2D eigenvalue weighted by molar-refractivity contribution is 0.178. The molecule has 2 aromatic rings. The number of benzene rings is 1. The molecule has 1 aromatic heterocycles. The van der Waals surface area contributed by atoms with Crippen LogP contribution in [0, 0.1) is 17.2 Å². The number of pyridine rings is 1. The predicted molar refractivity (Wildman–Crippen MR) is 99.5 cm³/mol. The molecule has 0 aliphatic carbocycles. The summed E-state index contributed by atoms with van der Waals surface area (Å²) in [7, 11) is 1.60. The van der Waals surface area contributed by atoms with Gasteiger partial charge in [-0.1, -0.05) is 12.1 Å². The van der Waals surface area contributed by atoms with E-state index in [2.05, 4.69) is 16.4 Å². The molecule has 0 saturated carbocycles. The van der Waals surface area contributed by atoms with E-state index in [9.17, 15) is 4.79 Å². The number of nitriles is 1.